The zero-order valence-corrected chi connectivity index (χ0v) is 15.5. The van der Waals surface area contributed by atoms with Crippen LogP contribution in [0.4, 0.5) is 0 Å². The van der Waals surface area contributed by atoms with Gasteiger partial charge in [0.05, 0.1) is 18.2 Å². The van der Waals surface area contributed by atoms with Gasteiger partial charge in [0.15, 0.2) is 5.52 Å². The summed E-state index contributed by atoms with van der Waals surface area (Å²) in [6.45, 7) is 5.50. The van der Waals surface area contributed by atoms with E-state index in [4.69, 9.17) is 9.37 Å². The van der Waals surface area contributed by atoms with Crippen molar-refractivity contribution in [3.05, 3.63) is 17.2 Å². The molecule has 1 aliphatic heterocycles. The first-order valence-corrected chi connectivity index (χ1v) is 9.91. The van der Waals surface area contributed by atoms with Crippen molar-refractivity contribution in [2.75, 3.05) is 6.61 Å². The van der Waals surface area contributed by atoms with E-state index in [1.54, 1.807) is 13.0 Å². The van der Waals surface area contributed by atoms with Gasteiger partial charge in [0.2, 0.25) is 15.9 Å². The predicted octanol–water partition coefficient (Wildman–Crippen LogP) is 0.410. The molecule has 9 nitrogen and oxygen atoms in total. The van der Waals surface area contributed by atoms with Gasteiger partial charge in [-0.3, -0.25) is 4.79 Å². The number of benzene rings is 1. The van der Waals surface area contributed by atoms with Gasteiger partial charge in [-0.1, -0.05) is 6.07 Å². The lowest BCUT2D eigenvalue weighted by atomic mass is 9.72. The minimum atomic E-state index is -3.89. The van der Waals surface area contributed by atoms with Crippen LogP contribution in [0.1, 0.15) is 24.5 Å². The van der Waals surface area contributed by atoms with E-state index in [9.17, 15) is 13.2 Å². The highest BCUT2D eigenvalue weighted by Gasteiger charge is 2.55. The van der Waals surface area contributed by atoms with Gasteiger partial charge in [-0.2, -0.15) is 0 Å². The number of nitrogens with zero attached hydrogens (tertiary/aromatic N) is 2. The van der Waals surface area contributed by atoms with Crippen molar-refractivity contribution in [1.82, 2.24) is 20.4 Å². The SMILES string of the molecule is CC(=O)N[C@@H]1[C@@H](NS(=O)(=O)c2c(C)cc(C)c3nonc23)[C@H]2CCO[C@H]21. The third-order valence-corrected chi connectivity index (χ3v) is 6.82. The Morgan fingerprint density at radius 3 is 2.65 bits per heavy atom. The lowest BCUT2D eigenvalue weighted by Crippen LogP contribution is -2.70. The Kier molecular flexibility index (Phi) is 4.01. The lowest BCUT2D eigenvalue weighted by molar-refractivity contribution is -0.123. The van der Waals surface area contributed by atoms with Gasteiger partial charge in [-0.15, -0.1) is 0 Å². The van der Waals surface area contributed by atoms with Crippen LogP contribution >= 0.6 is 0 Å². The van der Waals surface area contributed by atoms with Gasteiger partial charge < -0.3 is 10.1 Å². The van der Waals surface area contributed by atoms with Crippen molar-refractivity contribution in [1.29, 1.82) is 0 Å². The second-order valence-electron chi connectivity index (χ2n) is 6.96. The van der Waals surface area contributed by atoms with E-state index in [1.165, 1.54) is 6.92 Å². The number of ether oxygens (including phenoxy) is 1. The maximum atomic E-state index is 13.1. The van der Waals surface area contributed by atoms with Gasteiger partial charge in [-0.25, -0.2) is 17.8 Å². The molecule has 2 heterocycles. The smallest absolute Gasteiger partial charge is 0.243 e. The normalized spacial score (nSPS) is 28.0. The van der Waals surface area contributed by atoms with E-state index in [0.29, 0.717) is 17.7 Å². The second-order valence-corrected chi connectivity index (χ2v) is 8.61. The summed E-state index contributed by atoms with van der Waals surface area (Å²) in [4.78, 5) is 11.5. The molecule has 0 spiro atoms. The summed E-state index contributed by atoms with van der Waals surface area (Å²) in [5.74, 6) is -0.180. The molecule has 2 aromatic rings. The molecule has 0 bridgehead atoms. The highest BCUT2D eigenvalue weighted by Crippen LogP contribution is 2.40. The standard InChI is InChI=1S/C16H20N4O5S/c1-7-6-8(2)16(14-11(7)18-25-19-14)26(22,23)20-12-10-4-5-24-15(10)13(12)17-9(3)21/h6,10,12-13,15,20H,4-5H2,1-3H3,(H,17,21)/t10-,12+,13-,15-/m1/s1. The summed E-state index contributed by atoms with van der Waals surface area (Å²) in [6, 6.07) is 0.938. The molecule has 4 atom stereocenters. The Labute approximate surface area is 150 Å². The first kappa shape index (κ1) is 17.4. The number of fused-ring (bicyclic) bond motifs is 2. The summed E-state index contributed by atoms with van der Waals surface area (Å²) < 4.78 is 39.4. The largest absolute Gasteiger partial charge is 0.376 e. The Hall–Kier alpha value is -2.04. The summed E-state index contributed by atoms with van der Waals surface area (Å²) >= 11 is 0. The van der Waals surface area contributed by atoms with Gasteiger partial charge >= 0.3 is 0 Å². The van der Waals surface area contributed by atoms with Crippen LogP contribution in [-0.2, 0) is 19.6 Å². The number of hydrogen-bond donors (Lipinski definition) is 2. The molecule has 1 saturated carbocycles. The van der Waals surface area contributed by atoms with Crippen molar-refractivity contribution in [2.24, 2.45) is 5.92 Å². The fourth-order valence-corrected chi connectivity index (χ4v) is 5.76. The number of carbonyl (C=O) groups is 1. The third kappa shape index (κ3) is 2.60. The monoisotopic (exact) mass is 380 g/mol. The van der Waals surface area contributed by atoms with Gasteiger partial charge in [0.25, 0.3) is 0 Å². The highest BCUT2D eigenvalue weighted by atomic mass is 32.2. The zero-order chi connectivity index (χ0) is 18.6. The van der Waals surface area contributed by atoms with Crippen LogP contribution in [0.25, 0.3) is 11.0 Å². The van der Waals surface area contributed by atoms with Crippen LogP contribution in [-0.4, -0.2) is 49.4 Å². The van der Waals surface area contributed by atoms with Crippen LogP contribution in [0.15, 0.2) is 15.6 Å². The maximum Gasteiger partial charge on any atom is 0.243 e. The average molecular weight is 380 g/mol. The molecule has 2 aliphatic rings. The Bertz CT molecular complexity index is 986. The molecule has 140 valence electrons. The fraction of sp³-hybridized carbons (Fsp3) is 0.562. The van der Waals surface area contributed by atoms with Crippen LogP contribution in [0.3, 0.4) is 0 Å². The molecule has 1 aromatic heterocycles. The minimum absolute atomic E-state index is 0.0401. The van der Waals surface area contributed by atoms with E-state index < -0.39 is 16.1 Å². The van der Waals surface area contributed by atoms with Gasteiger partial charge in [0.1, 0.15) is 10.4 Å². The predicted molar refractivity (Wildman–Crippen MR) is 90.8 cm³/mol. The number of nitrogens with one attached hydrogen (secondary N) is 2. The number of hydrogen-bond acceptors (Lipinski definition) is 7. The van der Waals surface area contributed by atoms with E-state index in [0.717, 1.165) is 12.0 Å². The summed E-state index contributed by atoms with van der Waals surface area (Å²) in [5.41, 5.74) is 1.99. The summed E-state index contributed by atoms with van der Waals surface area (Å²) in [6.07, 6.45) is 0.598. The van der Waals surface area contributed by atoms with Crippen LogP contribution in [0.5, 0.6) is 0 Å². The van der Waals surface area contributed by atoms with Crippen LogP contribution < -0.4 is 10.0 Å². The number of carbonyl (C=O) groups excluding carboxylic acids is 1. The molecule has 2 N–H and O–H groups in total. The molecule has 1 saturated heterocycles. The fourth-order valence-electron chi connectivity index (χ4n) is 4.09. The Morgan fingerprint density at radius 2 is 1.92 bits per heavy atom. The number of amides is 1. The van der Waals surface area contributed by atoms with Gasteiger partial charge in [-0.05, 0) is 41.7 Å². The molecule has 4 rings (SSSR count). The molecule has 0 radical (unpaired) electrons. The van der Waals surface area contributed by atoms with E-state index in [2.05, 4.69) is 20.4 Å². The number of aryl methyl sites for hydroxylation is 2. The number of rotatable bonds is 4. The molecule has 10 heteroatoms. The molecular formula is C16H20N4O5S. The summed E-state index contributed by atoms with van der Waals surface area (Å²) in [7, 11) is -3.89. The molecular weight excluding hydrogens is 360 g/mol. The molecule has 1 amide bonds. The van der Waals surface area contributed by atoms with Crippen molar-refractivity contribution >= 4 is 27.0 Å². The zero-order valence-electron chi connectivity index (χ0n) is 14.6. The maximum absolute atomic E-state index is 13.1. The van der Waals surface area contributed by atoms with Crippen molar-refractivity contribution in [3.8, 4) is 0 Å². The number of aromatic nitrogens is 2. The second kappa shape index (κ2) is 6.00. The molecule has 2 fully saturated rings. The van der Waals surface area contributed by atoms with E-state index in [-0.39, 0.29) is 34.4 Å². The van der Waals surface area contributed by atoms with Crippen molar-refractivity contribution < 1.29 is 22.6 Å². The lowest BCUT2D eigenvalue weighted by Gasteiger charge is -2.47. The molecule has 26 heavy (non-hydrogen) atoms. The average Bonchev–Trinajstić information content (AvgIpc) is 3.17. The van der Waals surface area contributed by atoms with E-state index in [1.807, 2.05) is 6.92 Å². The quantitative estimate of drug-likeness (QED) is 0.787. The first-order valence-electron chi connectivity index (χ1n) is 8.43. The van der Waals surface area contributed by atoms with Crippen molar-refractivity contribution in [3.63, 3.8) is 0 Å². The molecule has 1 aromatic carbocycles. The number of sulfonamides is 1. The van der Waals surface area contributed by atoms with Gasteiger partial charge in [0, 0.05) is 19.4 Å². The van der Waals surface area contributed by atoms with E-state index >= 15 is 0 Å². The van der Waals surface area contributed by atoms with Crippen LogP contribution in [0, 0.1) is 19.8 Å². The van der Waals surface area contributed by atoms with Crippen LogP contribution in [0.2, 0.25) is 0 Å². The first-order chi connectivity index (χ1) is 12.3. The Morgan fingerprint density at radius 1 is 1.19 bits per heavy atom. The molecule has 0 unspecified atom stereocenters. The topological polar surface area (TPSA) is 123 Å². The van der Waals surface area contributed by atoms with Crippen molar-refractivity contribution in [2.45, 2.75) is 50.3 Å². The Balaban J connectivity index is 1.70. The highest BCUT2D eigenvalue weighted by molar-refractivity contribution is 7.89. The minimum Gasteiger partial charge on any atom is -0.376 e. The third-order valence-electron chi connectivity index (χ3n) is 5.18. The summed E-state index contributed by atoms with van der Waals surface area (Å²) in [5, 5.41) is 10.4. The molecule has 1 aliphatic carbocycles.